The van der Waals surface area contributed by atoms with Gasteiger partial charge in [0.25, 0.3) is 0 Å². The van der Waals surface area contributed by atoms with E-state index in [0.717, 1.165) is 18.8 Å². The Kier molecular flexibility index (Phi) is 3.08. The molecule has 1 heterocycles. The van der Waals surface area contributed by atoms with Gasteiger partial charge >= 0.3 is 0 Å². The molecular formula is C12H15FN4. The van der Waals surface area contributed by atoms with Crippen LogP contribution >= 0.6 is 0 Å². The summed E-state index contributed by atoms with van der Waals surface area (Å²) in [5, 5.41) is 8.02. The lowest BCUT2D eigenvalue weighted by molar-refractivity contribution is 0.622. The Morgan fingerprint density at radius 3 is 2.76 bits per heavy atom. The number of nitrogens with zero attached hydrogens (tertiary/aromatic N) is 3. The van der Waals surface area contributed by atoms with Gasteiger partial charge in [-0.1, -0.05) is 6.92 Å². The van der Waals surface area contributed by atoms with Gasteiger partial charge in [-0.25, -0.2) is 4.39 Å². The summed E-state index contributed by atoms with van der Waals surface area (Å²) in [6, 6.07) is 4.61. The van der Waals surface area contributed by atoms with Crippen LogP contribution in [-0.2, 0) is 6.54 Å². The second-order valence-electron chi connectivity index (χ2n) is 3.96. The largest absolute Gasteiger partial charge is 0.399 e. The summed E-state index contributed by atoms with van der Waals surface area (Å²) < 4.78 is 15.7. The Morgan fingerprint density at radius 2 is 2.12 bits per heavy atom. The van der Waals surface area contributed by atoms with Crippen molar-refractivity contribution in [2.24, 2.45) is 0 Å². The molecular weight excluding hydrogens is 219 g/mol. The van der Waals surface area contributed by atoms with Gasteiger partial charge in [0.2, 0.25) is 0 Å². The number of hydrogen-bond donors (Lipinski definition) is 1. The van der Waals surface area contributed by atoms with Crippen molar-refractivity contribution in [3.05, 3.63) is 29.8 Å². The molecule has 17 heavy (non-hydrogen) atoms. The number of rotatable bonds is 3. The maximum atomic E-state index is 13.8. The highest BCUT2D eigenvalue weighted by Crippen LogP contribution is 2.23. The molecule has 0 fully saturated rings. The molecule has 0 spiro atoms. The van der Waals surface area contributed by atoms with Gasteiger partial charge in [-0.2, -0.15) is 0 Å². The Balaban J connectivity index is 2.52. The van der Waals surface area contributed by atoms with Gasteiger partial charge in [-0.15, -0.1) is 10.2 Å². The predicted molar refractivity (Wildman–Crippen MR) is 64.9 cm³/mol. The molecule has 0 amide bonds. The minimum atomic E-state index is -0.366. The molecule has 0 saturated carbocycles. The maximum Gasteiger partial charge on any atom is 0.166 e. The zero-order valence-electron chi connectivity index (χ0n) is 9.94. The average Bonchev–Trinajstić information content (AvgIpc) is 2.62. The van der Waals surface area contributed by atoms with Crippen molar-refractivity contribution >= 4 is 5.69 Å². The molecule has 0 bridgehead atoms. The first-order valence-electron chi connectivity index (χ1n) is 5.58. The topological polar surface area (TPSA) is 56.7 Å². The van der Waals surface area contributed by atoms with E-state index in [1.807, 2.05) is 11.5 Å². The van der Waals surface area contributed by atoms with E-state index in [-0.39, 0.29) is 5.82 Å². The second kappa shape index (κ2) is 4.53. The van der Waals surface area contributed by atoms with E-state index in [1.54, 1.807) is 12.1 Å². The number of hydrogen-bond acceptors (Lipinski definition) is 3. The SMILES string of the molecule is CCCn1c(C)nnc1-c1ccc(N)cc1F. The first kappa shape index (κ1) is 11.6. The Labute approximate surface area is 99.3 Å². The van der Waals surface area contributed by atoms with Gasteiger partial charge in [-0.3, -0.25) is 0 Å². The van der Waals surface area contributed by atoms with Gasteiger partial charge < -0.3 is 10.3 Å². The number of nitrogen functional groups attached to an aromatic ring is 1. The van der Waals surface area contributed by atoms with Gasteiger partial charge in [-0.05, 0) is 31.5 Å². The minimum Gasteiger partial charge on any atom is -0.399 e. The minimum absolute atomic E-state index is 0.366. The Morgan fingerprint density at radius 1 is 1.35 bits per heavy atom. The summed E-state index contributed by atoms with van der Waals surface area (Å²) in [6.07, 6.45) is 0.947. The van der Waals surface area contributed by atoms with Crippen LogP contribution in [0.3, 0.4) is 0 Å². The fraction of sp³-hybridized carbons (Fsp3) is 0.333. The van der Waals surface area contributed by atoms with Crippen molar-refractivity contribution in [3.8, 4) is 11.4 Å². The molecule has 0 radical (unpaired) electrons. The third-order valence-electron chi connectivity index (χ3n) is 2.62. The third kappa shape index (κ3) is 2.13. The molecule has 1 aromatic heterocycles. The number of benzene rings is 1. The van der Waals surface area contributed by atoms with Crippen LogP contribution in [0.25, 0.3) is 11.4 Å². The van der Waals surface area contributed by atoms with Gasteiger partial charge in [0.05, 0.1) is 5.56 Å². The van der Waals surface area contributed by atoms with Crippen molar-refractivity contribution in [2.75, 3.05) is 5.73 Å². The lowest BCUT2D eigenvalue weighted by atomic mass is 10.2. The van der Waals surface area contributed by atoms with Crippen LogP contribution in [0.5, 0.6) is 0 Å². The molecule has 2 aromatic rings. The molecule has 0 aliphatic carbocycles. The number of nitrogens with two attached hydrogens (primary N) is 1. The predicted octanol–water partition coefficient (Wildman–Crippen LogP) is 2.38. The highest BCUT2D eigenvalue weighted by Gasteiger charge is 2.14. The van der Waals surface area contributed by atoms with E-state index < -0.39 is 0 Å². The summed E-state index contributed by atoms with van der Waals surface area (Å²) in [5.74, 6) is 0.981. The lowest BCUT2D eigenvalue weighted by Crippen LogP contribution is -2.03. The fourth-order valence-corrected chi connectivity index (χ4v) is 1.78. The van der Waals surface area contributed by atoms with E-state index in [1.165, 1.54) is 6.07 Å². The van der Waals surface area contributed by atoms with Crippen LogP contribution in [0, 0.1) is 12.7 Å². The summed E-state index contributed by atoms with van der Waals surface area (Å²) >= 11 is 0. The highest BCUT2D eigenvalue weighted by molar-refractivity contribution is 5.60. The van der Waals surface area contributed by atoms with Crippen LogP contribution in [-0.4, -0.2) is 14.8 Å². The maximum absolute atomic E-state index is 13.8. The zero-order chi connectivity index (χ0) is 12.4. The van der Waals surface area contributed by atoms with E-state index >= 15 is 0 Å². The Hall–Kier alpha value is -1.91. The second-order valence-corrected chi connectivity index (χ2v) is 3.96. The van der Waals surface area contributed by atoms with Crippen LogP contribution in [0.2, 0.25) is 0 Å². The normalized spacial score (nSPS) is 10.8. The van der Waals surface area contributed by atoms with Crippen molar-refractivity contribution in [1.82, 2.24) is 14.8 Å². The van der Waals surface area contributed by atoms with E-state index in [4.69, 9.17) is 5.73 Å². The van der Waals surface area contributed by atoms with Crippen molar-refractivity contribution < 1.29 is 4.39 Å². The standard InChI is InChI=1S/C12H15FN4/c1-3-6-17-8(2)15-16-12(17)10-5-4-9(14)7-11(10)13/h4-5,7H,3,6,14H2,1-2H3. The summed E-state index contributed by atoms with van der Waals surface area (Å²) in [6.45, 7) is 4.70. The van der Waals surface area contributed by atoms with E-state index in [0.29, 0.717) is 17.1 Å². The van der Waals surface area contributed by atoms with Crippen molar-refractivity contribution in [2.45, 2.75) is 26.8 Å². The quantitative estimate of drug-likeness (QED) is 0.829. The van der Waals surface area contributed by atoms with Gasteiger partial charge in [0.1, 0.15) is 11.6 Å². The average molecular weight is 234 g/mol. The fourth-order valence-electron chi connectivity index (χ4n) is 1.78. The molecule has 2 rings (SSSR count). The molecule has 4 nitrogen and oxygen atoms in total. The van der Waals surface area contributed by atoms with Crippen molar-refractivity contribution in [1.29, 1.82) is 0 Å². The molecule has 0 unspecified atom stereocenters. The number of halogens is 1. The Bertz CT molecular complexity index is 533. The molecule has 0 aliphatic rings. The van der Waals surface area contributed by atoms with Crippen LogP contribution in [0.1, 0.15) is 19.2 Å². The third-order valence-corrected chi connectivity index (χ3v) is 2.62. The van der Waals surface area contributed by atoms with Crippen LogP contribution in [0.4, 0.5) is 10.1 Å². The molecule has 5 heteroatoms. The molecule has 0 aliphatic heterocycles. The molecule has 1 aromatic carbocycles. The molecule has 90 valence electrons. The van der Waals surface area contributed by atoms with E-state index in [9.17, 15) is 4.39 Å². The zero-order valence-corrected chi connectivity index (χ0v) is 9.94. The van der Waals surface area contributed by atoms with Crippen LogP contribution in [0.15, 0.2) is 18.2 Å². The first-order chi connectivity index (χ1) is 8.13. The van der Waals surface area contributed by atoms with Crippen molar-refractivity contribution in [3.63, 3.8) is 0 Å². The lowest BCUT2D eigenvalue weighted by Gasteiger charge is -2.08. The highest BCUT2D eigenvalue weighted by atomic mass is 19.1. The number of aryl methyl sites for hydroxylation is 1. The summed E-state index contributed by atoms with van der Waals surface area (Å²) in [4.78, 5) is 0. The monoisotopic (exact) mass is 234 g/mol. The molecule has 0 saturated heterocycles. The van der Waals surface area contributed by atoms with Gasteiger partial charge in [0.15, 0.2) is 5.82 Å². The smallest absolute Gasteiger partial charge is 0.166 e. The molecule has 2 N–H and O–H groups in total. The van der Waals surface area contributed by atoms with E-state index in [2.05, 4.69) is 17.1 Å². The van der Waals surface area contributed by atoms with Crippen LogP contribution < -0.4 is 5.73 Å². The first-order valence-corrected chi connectivity index (χ1v) is 5.58. The summed E-state index contributed by atoms with van der Waals surface area (Å²) in [5.41, 5.74) is 6.37. The number of aromatic nitrogens is 3. The number of anilines is 1. The summed E-state index contributed by atoms with van der Waals surface area (Å²) in [7, 11) is 0. The molecule has 0 atom stereocenters. The van der Waals surface area contributed by atoms with Gasteiger partial charge in [0, 0.05) is 12.2 Å².